The monoisotopic (exact) mass is 460 g/mol. The lowest BCUT2D eigenvalue weighted by molar-refractivity contribution is -0.144. The van der Waals surface area contributed by atoms with Crippen LogP contribution in [0.1, 0.15) is 11.3 Å². The van der Waals surface area contributed by atoms with Gasteiger partial charge in [-0.05, 0) is 24.9 Å². The molecule has 3 rings (SSSR count). The van der Waals surface area contributed by atoms with Crippen molar-refractivity contribution in [1.29, 1.82) is 0 Å². The predicted octanol–water partition coefficient (Wildman–Crippen LogP) is 6.75. The van der Waals surface area contributed by atoms with Crippen LogP contribution in [0.25, 0.3) is 16.7 Å². The molecular formula is C15H5Cl3F6N4. The molecule has 13 heteroatoms. The van der Waals surface area contributed by atoms with Gasteiger partial charge in [0, 0.05) is 5.02 Å². The molecule has 0 aliphatic carbocycles. The summed E-state index contributed by atoms with van der Waals surface area (Å²) in [6.45, 7) is 3.17. The van der Waals surface area contributed by atoms with E-state index in [4.69, 9.17) is 34.8 Å². The topological polar surface area (TPSA) is 43.1 Å². The van der Waals surface area contributed by atoms with Gasteiger partial charge in [-0.25, -0.2) is 14.7 Å². The normalized spacial score (nSPS) is 12.6. The molecule has 0 spiro atoms. The predicted molar refractivity (Wildman–Crippen MR) is 93.1 cm³/mol. The maximum absolute atomic E-state index is 13.5. The van der Waals surface area contributed by atoms with Crippen molar-refractivity contribution < 1.29 is 26.3 Å². The van der Waals surface area contributed by atoms with Crippen molar-refractivity contribution in [2.45, 2.75) is 12.4 Å². The highest BCUT2D eigenvalue weighted by Crippen LogP contribution is 2.43. The second-order valence-electron chi connectivity index (χ2n) is 5.36. The van der Waals surface area contributed by atoms with Crippen LogP contribution in [0.4, 0.5) is 32.2 Å². The standard InChI is InChI=1S/C15H5Cl3F6N4/c1-25-13-10-6(14(19,20)21)4-9(15(22,23)24)26-12(10)27-28(13)11-7(17)2-5(16)3-8(11)18/h2-4H,1H2. The summed E-state index contributed by atoms with van der Waals surface area (Å²) in [5.74, 6) is -0.533. The summed E-state index contributed by atoms with van der Waals surface area (Å²) in [5.41, 5.74) is -4.39. The van der Waals surface area contributed by atoms with E-state index in [1.807, 2.05) is 0 Å². The molecule has 0 amide bonds. The van der Waals surface area contributed by atoms with Crippen molar-refractivity contribution in [2.24, 2.45) is 4.99 Å². The first-order chi connectivity index (χ1) is 12.8. The van der Waals surface area contributed by atoms with Crippen LogP contribution in [0.15, 0.2) is 23.2 Å². The first kappa shape index (κ1) is 20.7. The number of hydrogen-bond donors (Lipinski definition) is 0. The Morgan fingerprint density at radius 1 is 0.929 bits per heavy atom. The molecule has 0 N–H and O–H groups in total. The van der Waals surface area contributed by atoms with Gasteiger partial charge in [-0.15, -0.1) is 5.10 Å². The minimum atomic E-state index is -5.15. The number of nitrogens with zero attached hydrogens (tertiary/aromatic N) is 4. The Morgan fingerprint density at radius 2 is 1.50 bits per heavy atom. The van der Waals surface area contributed by atoms with Crippen LogP contribution in [0.2, 0.25) is 15.1 Å². The fourth-order valence-corrected chi connectivity index (χ4v) is 3.46. The average Bonchev–Trinajstić information content (AvgIpc) is 2.88. The molecular weight excluding hydrogens is 457 g/mol. The lowest BCUT2D eigenvalue weighted by Gasteiger charge is -2.12. The van der Waals surface area contributed by atoms with E-state index in [0.29, 0.717) is 0 Å². The van der Waals surface area contributed by atoms with E-state index in [9.17, 15) is 26.3 Å². The smallest absolute Gasteiger partial charge is 0.244 e. The summed E-state index contributed by atoms with van der Waals surface area (Å²) < 4.78 is 80.2. The van der Waals surface area contributed by atoms with Gasteiger partial charge in [0.2, 0.25) is 0 Å². The van der Waals surface area contributed by atoms with Crippen molar-refractivity contribution in [2.75, 3.05) is 0 Å². The fourth-order valence-electron chi connectivity index (χ4n) is 2.48. The van der Waals surface area contributed by atoms with E-state index in [1.165, 1.54) is 12.1 Å². The molecule has 0 fully saturated rings. The van der Waals surface area contributed by atoms with E-state index >= 15 is 0 Å². The number of pyridine rings is 1. The molecule has 2 aromatic heterocycles. The molecule has 0 bridgehead atoms. The summed E-state index contributed by atoms with van der Waals surface area (Å²) in [5, 5.41) is 2.81. The molecule has 0 atom stereocenters. The number of benzene rings is 1. The van der Waals surface area contributed by atoms with Crippen LogP contribution in [0, 0.1) is 0 Å². The molecule has 28 heavy (non-hydrogen) atoms. The number of rotatable bonds is 2. The van der Waals surface area contributed by atoms with Crippen LogP contribution in [-0.4, -0.2) is 21.5 Å². The van der Waals surface area contributed by atoms with Crippen molar-refractivity contribution >= 4 is 58.4 Å². The minimum Gasteiger partial charge on any atom is -0.244 e. The highest BCUT2D eigenvalue weighted by Gasteiger charge is 2.41. The largest absolute Gasteiger partial charge is 0.433 e. The summed E-state index contributed by atoms with van der Waals surface area (Å²) in [7, 11) is 0. The third-order valence-electron chi connectivity index (χ3n) is 3.56. The third-order valence-corrected chi connectivity index (χ3v) is 4.35. The van der Waals surface area contributed by atoms with Gasteiger partial charge >= 0.3 is 12.4 Å². The van der Waals surface area contributed by atoms with Crippen molar-refractivity contribution in [1.82, 2.24) is 14.8 Å². The Balaban J connectivity index is 2.48. The van der Waals surface area contributed by atoms with Gasteiger partial charge in [-0.2, -0.15) is 26.3 Å². The number of hydrogen-bond acceptors (Lipinski definition) is 3. The van der Waals surface area contributed by atoms with E-state index in [-0.39, 0.29) is 26.8 Å². The van der Waals surface area contributed by atoms with Crippen LogP contribution >= 0.6 is 34.8 Å². The summed E-state index contributed by atoms with van der Waals surface area (Å²) in [4.78, 5) is 6.68. The molecule has 0 aliphatic heterocycles. The molecule has 0 saturated heterocycles. The summed E-state index contributed by atoms with van der Waals surface area (Å²) in [6, 6.07) is 2.33. The SMILES string of the molecule is C=Nc1c2c(C(F)(F)F)cc(C(F)(F)F)nc2nn1-c1c(Cl)cc(Cl)cc1Cl. The summed E-state index contributed by atoms with van der Waals surface area (Å²) in [6.07, 6.45) is -10.3. The highest BCUT2D eigenvalue weighted by atomic mass is 35.5. The molecule has 0 unspecified atom stereocenters. The van der Waals surface area contributed by atoms with E-state index < -0.39 is 40.5 Å². The molecule has 2 heterocycles. The van der Waals surface area contributed by atoms with Crippen molar-refractivity contribution in [3.05, 3.63) is 44.5 Å². The Hall–Kier alpha value is -2.04. The molecule has 0 radical (unpaired) electrons. The van der Waals surface area contributed by atoms with E-state index in [2.05, 4.69) is 21.8 Å². The molecule has 0 aliphatic rings. The van der Waals surface area contributed by atoms with Gasteiger partial charge in [0.15, 0.2) is 11.5 Å². The zero-order valence-corrected chi connectivity index (χ0v) is 15.4. The number of fused-ring (bicyclic) bond motifs is 1. The lowest BCUT2D eigenvalue weighted by atomic mass is 10.1. The van der Waals surface area contributed by atoms with Gasteiger partial charge in [0.25, 0.3) is 0 Å². The number of aromatic nitrogens is 3. The maximum atomic E-state index is 13.5. The molecule has 1 aromatic carbocycles. The van der Waals surface area contributed by atoms with Gasteiger partial charge in [-0.3, -0.25) is 0 Å². The van der Waals surface area contributed by atoms with Crippen LogP contribution < -0.4 is 0 Å². The number of alkyl halides is 6. The third kappa shape index (κ3) is 3.51. The Kier molecular flexibility index (Phi) is 5.01. The second kappa shape index (κ2) is 6.78. The zero-order valence-electron chi connectivity index (χ0n) is 13.1. The van der Waals surface area contributed by atoms with Crippen LogP contribution in [0.3, 0.4) is 0 Å². The molecule has 3 aromatic rings. The number of halogens is 9. The van der Waals surface area contributed by atoms with Gasteiger partial charge in [0.1, 0.15) is 11.4 Å². The summed E-state index contributed by atoms with van der Waals surface area (Å²) >= 11 is 17.9. The van der Waals surface area contributed by atoms with Crippen LogP contribution in [-0.2, 0) is 12.4 Å². The van der Waals surface area contributed by atoms with Gasteiger partial charge in [-0.1, -0.05) is 34.8 Å². The van der Waals surface area contributed by atoms with Crippen molar-refractivity contribution in [3.8, 4) is 5.69 Å². The Bertz CT molecular complexity index is 1080. The fraction of sp³-hybridized carbons (Fsp3) is 0.133. The Labute approximate surface area is 167 Å². The Morgan fingerprint density at radius 3 is 1.96 bits per heavy atom. The zero-order chi connectivity index (χ0) is 21.0. The van der Waals surface area contributed by atoms with E-state index in [0.717, 1.165) is 4.68 Å². The molecule has 148 valence electrons. The molecule has 4 nitrogen and oxygen atoms in total. The molecule has 0 saturated carbocycles. The highest BCUT2D eigenvalue weighted by molar-refractivity contribution is 6.40. The van der Waals surface area contributed by atoms with Crippen LogP contribution in [0.5, 0.6) is 0 Å². The van der Waals surface area contributed by atoms with Gasteiger partial charge in [0.05, 0.1) is 21.0 Å². The second-order valence-corrected chi connectivity index (χ2v) is 6.61. The maximum Gasteiger partial charge on any atom is 0.433 e. The lowest BCUT2D eigenvalue weighted by Crippen LogP contribution is -2.13. The minimum absolute atomic E-state index is 0.117. The van der Waals surface area contributed by atoms with E-state index in [1.54, 1.807) is 0 Å². The quantitative estimate of drug-likeness (QED) is 0.313. The van der Waals surface area contributed by atoms with Gasteiger partial charge < -0.3 is 0 Å². The number of aliphatic imine (C=N–C) groups is 1. The first-order valence-corrected chi connectivity index (χ1v) is 8.17. The first-order valence-electron chi connectivity index (χ1n) is 7.04. The van der Waals surface area contributed by atoms with Crippen molar-refractivity contribution in [3.63, 3.8) is 0 Å². The average molecular weight is 462 g/mol.